The number of esters is 1. The zero-order valence-corrected chi connectivity index (χ0v) is 19.0. The highest BCUT2D eigenvalue weighted by Crippen LogP contribution is 2.42. The van der Waals surface area contributed by atoms with Gasteiger partial charge in [0.15, 0.2) is 24.5 Å². The topological polar surface area (TPSA) is 81.7 Å². The SMILES string of the molecule is C=CCO[C@H]1OC(C)[C@@H](OC(C)=O)C(O[C@@H]2OC(C)C(C)[C@H]3OC(C)(C)OC23)[C@H]1C. The fourth-order valence-electron chi connectivity index (χ4n) is 4.42. The van der Waals surface area contributed by atoms with Gasteiger partial charge in [0.25, 0.3) is 0 Å². The molecule has 8 nitrogen and oxygen atoms in total. The van der Waals surface area contributed by atoms with E-state index in [9.17, 15) is 4.79 Å². The van der Waals surface area contributed by atoms with Gasteiger partial charge in [-0.3, -0.25) is 4.79 Å². The summed E-state index contributed by atoms with van der Waals surface area (Å²) in [6.07, 6.45) is -1.68. The lowest BCUT2D eigenvalue weighted by Gasteiger charge is -2.47. The van der Waals surface area contributed by atoms with Gasteiger partial charge in [0.2, 0.25) is 0 Å². The maximum absolute atomic E-state index is 11.8. The second-order valence-electron chi connectivity index (χ2n) is 9.00. The summed E-state index contributed by atoms with van der Waals surface area (Å²) in [6.45, 7) is 17.1. The summed E-state index contributed by atoms with van der Waals surface area (Å²) in [6, 6.07) is 0. The molecular weight excluding hydrogens is 392 g/mol. The Morgan fingerprint density at radius 1 is 0.967 bits per heavy atom. The van der Waals surface area contributed by atoms with Crippen LogP contribution in [0.2, 0.25) is 0 Å². The van der Waals surface area contributed by atoms with Crippen LogP contribution in [0.3, 0.4) is 0 Å². The van der Waals surface area contributed by atoms with E-state index in [1.807, 2.05) is 34.6 Å². The minimum Gasteiger partial charge on any atom is -0.457 e. The highest BCUT2D eigenvalue weighted by Gasteiger charge is 2.55. The molecule has 0 bridgehead atoms. The van der Waals surface area contributed by atoms with Gasteiger partial charge in [-0.2, -0.15) is 0 Å². The Morgan fingerprint density at radius 2 is 1.60 bits per heavy atom. The van der Waals surface area contributed by atoms with Crippen molar-refractivity contribution in [3.63, 3.8) is 0 Å². The number of ether oxygens (including phenoxy) is 7. The monoisotopic (exact) mass is 428 g/mol. The Morgan fingerprint density at radius 3 is 2.23 bits per heavy atom. The molecule has 0 saturated carbocycles. The molecular formula is C22H36O8. The summed E-state index contributed by atoms with van der Waals surface area (Å²) in [7, 11) is 0. The summed E-state index contributed by atoms with van der Waals surface area (Å²) in [5.74, 6) is -1.20. The van der Waals surface area contributed by atoms with E-state index >= 15 is 0 Å². The van der Waals surface area contributed by atoms with Crippen LogP contribution < -0.4 is 0 Å². The third kappa shape index (κ3) is 4.89. The Labute approximate surface area is 179 Å². The van der Waals surface area contributed by atoms with Gasteiger partial charge in [-0.1, -0.05) is 19.9 Å². The zero-order valence-electron chi connectivity index (χ0n) is 19.0. The van der Waals surface area contributed by atoms with E-state index in [1.165, 1.54) is 6.92 Å². The van der Waals surface area contributed by atoms with E-state index in [0.717, 1.165) is 0 Å². The van der Waals surface area contributed by atoms with Crippen molar-refractivity contribution < 1.29 is 38.0 Å². The van der Waals surface area contributed by atoms with Crippen molar-refractivity contribution in [2.75, 3.05) is 6.61 Å². The van der Waals surface area contributed by atoms with E-state index in [2.05, 4.69) is 13.5 Å². The van der Waals surface area contributed by atoms with Gasteiger partial charge in [0.1, 0.15) is 12.2 Å². The molecule has 3 aliphatic heterocycles. The van der Waals surface area contributed by atoms with Gasteiger partial charge in [-0.15, -0.1) is 6.58 Å². The van der Waals surface area contributed by atoms with Crippen LogP contribution in [-0.2, 0) is 38.0 Å². The Balaban J connectivity index is 1.83. The number of hydrogen-bond donors (Lipinski definition) is 0. The Kier molecular flexibility index (Phi) is 7.26. The van der Waals surface area contributed by atoms with Crippen molar-refractivity contribution in [1.29, 1.82) is 0 Å². The van der Waals surface area contributed by atoms with Crippen LogP contribution in [0.1, 0.15) is 48.5 Å². The van der Waals surface area contributed by atoms with Gasteiger partial charge >= 0.3 is 5.97 Å². The first kappa shape index (κ1) is 23.6. The molecule has 3 rings (SSSR count). The van der Waals surface area contributed by atoms with E-state index < -0.39 is 42.6 Å². The summed E-state index contributed by atoms with van der Waals surface area (Å²) in [5, 5.41) is 0. The molecule has 0 spiro atoms. The molecule has 0 amide bonds. The average Bonchev–Trinajstić information content (AvgIpc) is 2.99. The van der Waals surface area contributed by atoms with Crippen LogP contribution in [-0.4, -0.2) is 67.6 Å². The third-order valence-electron chi connectivity index (χ3n) is 6.09. The van der Waals surface area contributed by atoms with Crippen molar-refractivity contribution in [3.05, 3.63) is 12.7 Å². The van der Waals surface area contributed by atoms with E-state index in [-0.39, 0.29) is 30.1 Å². The Hall–Kier alpha value is -1.03. The number of carbonyl (C=O) groups is 1. The zero-order chi connectivity index (χ0) is 22.2. The van der Waals surface area contributed by atoms with Crippen LogP contribution in [0.25, 0.3) is 0 Å². The molecule has 8 heteroatoms. The first-order valence-electron chi connectivity index (χ1n) is 10.8. The first-order valence-corrected chi connectivity index (χ1v) is 10.8. The second-order valence-corrected chi connectivity index (χ2v) is 9.00. The molecule has 5 unspecified atom stereocenters. The molecule has 0 aromatic rings. The first-order chi connectivity index (χ1) is 14.0. The minimum absolute atomic E-state index is 0.0821. The van der Waals surface area contributed by atoms with Gasteiger partial charge in [-0.05, 0) is 27.7 Å². The summed E-state index contributed by atoms with van der Waals surface area (Å²) < 4.78 is 42.3. The van der Waals surface area contributed by atoms with Crippen molar-refractivity contribution in [2.24, 2.45) is 11.8 Å². The van der Waals surface area contributed by atoms with Crippen molar-refractivity contribution in [3.8, 4) is 0 Å². The molecule has 30 heavy (non-hydrogen) atoms. The lowest BCUT2D eigenvalue weighted by molar-refractivity contribution is -0.332. The molecule has 0 aliphatic carbocycles. The summed E-state index contributed by atoms with van der Waals surface area (Å²) in [5.41, 5.74) is 0. The van der Waals surface area contributed by atoms with Crippen LogP contribution in [0, 0.1) is 11.8 Å². The number of fused-ring (bicyclic) bond motifs is 1. The van der Waals surface area contributed by atoms with Gasteiger partial charge in [0, 0.05) is 18.8 Å². The van der Waals surface area contributed by atoms with Crippen LogP contribution >= 0.6 is 0 Å². The summed E-state index contributed by atoms with van der Waals surface area (Å²) in [4.78, 5) is 11.8. The van der Waals surface area contributed by atoms with E-state index in [1.54, 1.807) is 6.08 Å². The van der Waals surface area contributed by atoms with Gasteiger partial charge in [-0.25, -0.2) is 0 Å². The molecule has 0 aromatic heterocycles. The fourth-order valence-corrected chi connectivity index (χ4v) is 4.42. The minimum atomic E-state index is -0.724. The number of rotatable bonds is 6. The quantitative estimate of drug-likeness (QED) is 0.472. The van der Waals surface area contributed by atoms with Crippen LogP contribution in [0.4, 0.5) is 0 Å². The molecule has 3 fully saturated rings. The average molecular weight is 429 g/mol. The van der Waals surface area contributed by atoms with Crippen LogP contribution in [0.15, 0.2) is 12.7 Å². The smallest absolute Gasteiger partial charge is 0.303 e. The largest absolute Gasteiger partial charge is 0.457 e. The maximum atomic E-state index is 11.8. The molecule has 3 saturated heterocycles. The lowest BCUT2D eigenvalue weighted by atomic mass is 9.90. The lowest BCUT2D eigenvalue weighted by Crippen LogP contribution is -2.60. The van der Waals surface area contributed by atoms with Crippen molar-refractivity contribution in [2.45, 2.75) is 103 Å². The maximum Gasteiger partial charge on any atom is 0.303 e. The molecule has 3 aliphatic rings. The fraction of sp³-hybridized carbons (Fsp3) is 0.864. The predicted octanol–water partition coefficient (Wildman–Crippen LogP) is 2.79. The van der Waals surface area contributed by atoms with Crippen molar-refractivity contribution in [1.82, 2.24) is 0 Å². The molecule has 3 heterocycles. The Bertz CT molecular complexity index is 622. The number of carbonyl (C=O) groups excluding carboxylic acids is 1. The third-order valence-corrected chi connectivity index (χ3v) is 6.09. The second kappa shape index (κ2) is 9.22. The van der Waals surface area contributed by atoms with E-state index in [4.69, 9.17) is 33.2 Å². The van der Waals surface area contributed by atoms with E-state index in [0.29, 0.717) is 6.61 Å². The molecule has 172 valence electrons. The van der Waals surface area contributed by atoms with Gasteiger partial charge < -0.3 is 33.2 Å². The summed E-state index contributed by atoms with van der Waals surface area (Å²) >= 11 is 0. The molecule has 10 atom stereocenters. The normalized spacial score (nSPS) is 45.6. The van der Waals surface area contributed by atoms with Gasteiger partial charge in [0.05, 0.1) is 24.9 Å². The number of hydrogen-bond acceptors (Lipinski definition) is 8. The highest BCUT2D eigenvalue weighted by molar-refractivity contribution is 5.66. The molecule has 0 N–H and O–H groups in total. The van der Waals surface area contributed by atoms with Crippen LogP contribution in [0.5, 0.6) is 0 Å². The molecule has 0 aromatic carbocycles. The standard InChI is InChI=1S/C22H36O8/c1-9-10-24-20-12(3)16(18(14(5)26-20)27-15(6)23)28-21-19-17(11(2)13(4)25-21)29-22(7,8)30-19/h9,11-14,16-21H,1,10H2,2-8H3/t11?,12-,13?,14?,16?,17-,18-,19?,20+,21+/m1/s1. The van der Waals surface area contributed by atoms with Crippen molar-refractivity contribution >= 4 is 5.97 Å². The predicted molar refractivity (Wildman–Crippen MR) is 107 cm³/mol. The highest BCUT2D eigenvalue weighted by atomic mass is 16.8. The molecule has 0 radical (unpaired) electrons.